The highest BCUT2D eigenvalue weighted by atomic mass is 32.1. The van der Waals surface area contributed by atoms with Gasteiger partial charge in [-0.3, -0.25) is 9.69 Å². The van der Waals surface area contributed by atoms with E-state index in [1.165, 1.54) is 10.4 Å². The van der Waals surface area contributed by atoms with Gasteiger partial charge in [0.15, 0.2) is 0 Å². The molecule has 0 aliphatic carbocycles. The summed E-state index contributed by atoms with van der Waals surface area (Å²) in [5.74, 6) is 1.44. The van der Waals surface area contributed by atoms with E-state index in [4.69, 9.17) is 15.7 Å². The van der Waals surface area contributed by atoms with Crippen LogP contribution in [0.3, 0.4) is 0 Å². The number of nitrogens with zero attached hydrogens (tertiary/aromatic N) is 4. The molecule has 7 heteroatoms. The molecule has 0 spiro atoms. The number of nitrogens with two attached hydrogens (primary N) is 1. The number of hydrogen-bond donors (Lipinski definition) is 1. The normalized spacial score (nSPS) is 15.7. The molecule has 1 atom stereocenters. The van der Waals surface area contributed by atoms with Gasteiger partial charge in [0.25, 0.3) is 0 Å². The lowest BCUT2D eigenvalue weighted by molar-refractivity contribution is -0.123. The number of rotatable bonds is 5. The lowest BCUT2D eigenvalue weighted by Crippen LogP contribution is -2.50. The first kappa shape index (κ1) is 20.6. The van der Waals surface area contributed by atoms with E-state index in [1.807, 2.05) is 43.3 Å². The molecule has 1 aliphatic heterocycles. The number of amides is 1. The summed E-state index contributed by atoms with van der Waals surface area (Å²) in [5.41, 5.74) is 7.92. The molecule has 162 valence electrons. The first-order valence-corrected chi connectivity index (χ1v) is 11.6. The van der Waals surface area contributed by atoms with Gasteiger partial charge in [-0.25, -0.2) is 9.97 Å². The predicted molar refractivity (Wildman–Crippen MR) is 130 cm³/mol. The number of aromatic nitrogens is 2. The maximum Gasteiger partial charge on any atom is 0.239 e. The van der Waals surface area contributed by atoms with E-state index in [0.717, 1.165) is 53.6 Å². The van der Waals surface area contributed by atoms with Gasteiger partial charge in [-0.05, 0) is 24.1 Å². The van der Waals surface area contributed by atoms with Crippen molar-refractivity contribution in [1.82, 2.24) is 14.9 Å². The summed E-state index contributed by atoms with van der Waals surface area (Å²) in [6.45, 7) is 4.97. The van der Waals surface area contributed by atoms with Gasteiger partial charge in [0.1, 0.15) is 22.5 Å². The molecule has 4 aromatic rings. The first-order valence-electron chi connectivity index (χ1n) is 10.8. The van der Waals surface area contributed by atoms with Crippen molar-refractivity contribution in [3.8, 4) is 10.4 Å². The number of fused-ring (bicyclic) bond motifs is 1. The SMILES string of the molecule is Cc1nc(N2CCN(C(C(N)=O)c3ccccc3)CC2)c2cc(-c3ccccc3)sc2n1. The molecule has 0 radical (unpaired) electrons. The van der Waals surface area contributed by atoms with Gasteiger partial charge < -0.3 is 10.6 Å². The van der Waals surface area contributed by atoms with Crippen molar-refractivity contribution in [2.24, 2.45) is 5.73 Å². The van der Waals surface area contributed by atoms with Gasteiger partial charge in [-0.2, -0.15) is 0 Å². The van der Waals surface area contributed by atoms with Crippen LogP contribution >= 0.6 is 11.3 Å². The topological polar surface area (TPSA) is 75.3 Å². The monoisotopic (exact) mass is 443 g/mol. The second-order valence-corrected chi connectivity index (χ2v) is 9.06. The van der Waals surface area contributed by atoms with Crippen LogP contribution in [0.5, 0.6) is 0 Å². The smallest absolute Gasteiger partial charge is 0.239 e. The second-order valence-electron chi connectivity index (χ2n) is 8.03. The van der Waals surface area contributed by atoms with Crippen LogP contribution in [0.1, 0.15) is 17.4 Å². The molecule has 1 fully saturated rings. The number of piperazine rings is 1. The molecule has 2 aromatic heterocycles. The highest BCUT2D eigenvalue weighted by molar-refractivity contribution is 7.21. The fourth-order valence-corrected chi connectivity index (χ4v) is 5.46. The summed E-state index contributed by atoms with van der Waals surface area (Å²) in [6.07, 6.45) is 0. The summed E-state index contributed by atoms with van der Waals surface area (Å²) in [6, 6.07) is 22.0. The summed E-state index contributed by atoms with van der Waals surface area (Å²) in [5, 5.41) is 1.09. The van der Waals surface area contributed by atoms with Gasteiger partial charge >= 0.3 is 0 Å². The second kappa shape index (κ2) is 8.68. The number of carbonyl (C=O) groups excluding carboxylic acids is 1. The molecule has 32 heavy (non-hydrogen) atoms. The third kappa shape index (κ3) is 3.97. The fraction of sp³-hybridized carbons (Fsp3) is 0.240. The van der Waals surface area contributed by atoms with E-state index in [-0.39, 0.29) is 5.91 Å². The molecular weight excluding hydrogens is 418 g/mol. The molecule has 2 aromatic carbocycles. The number of carbonyl (C=O) groups is 1. The number of anilines is 1. The van der Waals surface area contributed by atoms with E-state index in [2.05, 4.69) is 40.1 Å². The number of thiophene rings is 1. The van der Waals surface area contributed by atoms with Crippen LogP contribution in [0.25, 0.3) is 20.7 Å². The van der Waals surface area contributed by atoms with Gasteiger partial charge in [0, 0.05) is 31.1 Å². The lowest BCUT2D eigenvalue weighted by atomic mass is 10.0. The van der Waals surface area contributed by atoms with Crippen molar-refractivity contribution in [1.29, 1.82) is 0 Å². The van der Waals surface area contributed by atoms with Crippen LogP contribution in [0.4, 0.5) is 5.82 Å². The van der Waals surface area contributed by atoms with Gasteiger partial charge in [-0.15, -0.1) is 11.3 Å². The first-order chi connectivity index (χ1) is 15.6. The van der Waals surface area contributed by atoms with Gasteiger partial charge in [-0.1, -0.05) is 60.7 Å². The summed E-state index contributed by atoms with van der Waals surface area (Å²) < 4.78 is 0. The molecule has 1 amide bonds. The Hall–Kier alpha value is -3.29. The molecule has 1 unspecified atom stereocenters. The summed E-state index contributed by atoms with van der Waals surface area (Å²) >= 11 is 1.70. The molecule has 0 bridgehead atoms. The molecule has 6 nitrogen and oxygen atoms in total. The zero-order valence-corrected chi connectivity index (χ0v) is 18.8. The Bertz CT molecular complexity index is 1230. The van der Waals surface area contributed by atoms with E-state index in [1.54, 1.807) is 11.3 Å². The lowest BCUT2D eigenvalue weighted by Gasteiger charge is -2.39. The van der Waals surface area contributed by atoms with Crippen LogP contribution in [-0.2, 0) is 4.79 Å². The van der Waals surface area contributed by atoms with Crippen LogP contribution in [0, 0.1) is 6.92 Å². The minimum atomic E-state index is -0.406. The average Bonchev–Trinajstić information content (AvgIpc) is 3.24. The minimum Gasteiger partial charge on any atom is -0.368 e. The zero-order chi connectivity index (χ0) is 22.1. The quantitative estimate of drug-likeness (QED) is 0.504. The molecule has 3 heterocycles. The van der Waals surface area contributed by atoms with Crippen molar-refractivity contribution in [3.63, 3.8) is 0 Å². The highest BCUT2D eigenvalue weighted by Gasteiger charge is 2.30. The van der Waals surface area contributed by atoms with Crippen molar-refractivity contribution in [2.45, 2.75) is 13.0 Å². The Morgan fingerprint density at radius 1 is 0.969 bits per heavy atom. The Balaban J connectivity index is 1.41. The van der Waals surface area contributed by atoms with Crippen molar-refractivity contribution < 1.29 is 4.79 Å². The van der Waals surface area contributed by atoms with Crippen LogP contribution in [0.15, 0.2) is 66.7 Å². The van der Waals surface area contributed by atoms with Crippen LogP contribution < -0.4 is 10.6 Å². The average molecular weight is 444 g/mol. The molecule has 2 N–H and O–H groups in total. The van der Waals surface area contributed by atoms with Gasteiger partial charge in [0.2, 0.25) is 5.91 Å². The van der Waals surface area contributed by atoms with Crippen LogP contribution in [-0.4, -0.2) is 47.0 Å². The van der Waals surface area contributed by atoms with Crippen molar-refractivity contribution in [2.75, 3.05) is 31.1 Å². The number of aryl methyl sites for hydroxylation is 1. The third-order valence-electron chi connectivity index (χ3n) is 5.91. The fourth-order valence-electron chi connectivity index (χ4n) is 4.38. The Kier molecular flexibility index (Phi) is 5.59. The van der Waals surface area contributed by atoms with E-state index in [0.29, 0.717) is 0 Å². The molecule has 1 saturated heterocycles. The van der Waals surface area contributed by atoms with Gasteiger partial charge in [0.05, 0.1) is 5.39 Å². The predicted octanol–water partition coefficient (Wildman–Crippen LogP) is 4.02. The van der Waals surface area contributed by atoms with Crippen LogP contribution in [0.2, 0.25) is 0 Å². The molecule has 1 aliphatic rings. The Morgan fingerprint density at radius 2 is 1.62 bits per heavy atom. The van der Waals surface area contributed by atoms with E-state index < -0.39 is 6.04 Å². The highest BCUT2D eigenvalue weighted by Crippen LogP contribution is 2.37. The van der Waals surface area contributed by atoms with E-state index in [9.17, 15) is 4.79 Å². The number of benzene rings is 2. The standard InChI is InChI=1S/C25H25N5OS/c1-17-27-24(20-16-21(32-25(20)28-17)18-8-4-2-5-9-18)30-14-12-29(13-15-30)22(23(26)31)19-10-6-3-7-11-19/h2-11,16,22H,12-15H2,1H3,(H2,26,31). The Morgan fingerprint density at radius 3 is 2.28 bits per heavy atom. The molecular formula is C25H25N5OS. The molecule has 0 saturated carbocycles. The Labute approximate surface area is 191 Å². The zero-order valence-electron chi connectivity index (χ0n) is 17.9. The van der Waals surface area contributed by atoms with Crippen molar-refractivity contribution in [3.05, 3.63) is 78.1 Å². The number of primary amides is 1. The largest absolute Gasteiger partial charge is 0.368 e. The molecule has 5 rings (SSSR count). The number of hydrogen-bond acceptors (Lipinski definition) is 6. The summed E-state index contributed by atoms with van der Waals surface area (Å²) in [7, 11) is 0. The summed E-state index contributed by atoms with van der Waals surface area (Å²) in [4.78, 5) is 28.4. The third-order valence-corrected chi connectivity index (χ3v) is 6.98. The maximum absolute atomic E-state index is 12.3. The minimum absolute atomic E-state index is 0.310. The van der Waals surface area contributed by atoms with E-state index >= 15 is 0 Å². The maximum atomic E-state index is 12.3. The van der Waals surface area contributed by atoms with Crippen molar-refractivity contribution >= 4 is 33.3 Å².